The number of hydrogen-bond acceptors (Lipinski definition) is 7. The van der Waals surface area contributed by atoms with Crippen LogP contribution in [0.5, 0.6) is 0 Å². The van der Waals surface area contributed by atoms with E-state index in [0.29, 0.717) is 0 Å². The van der Waals surface area contributed by atoms with Gasteiger partial charge in [0.05, 0.1) is 6.61 Å². The molecule has 0 aromatic rings. The van der Waals surface area contributed by atoms with Gasteiger partial charge in [0.2, 0.25) is 5.91 Å². The van der Waals surface area contributed by atoms with Gasteiger partial charge in [0.25, 0.3) is 5.91 Å². The minimum atomic E-state index is -3.04. The number of nitrogens with two attached hydrogens (primary N) is 1. The second-order valence-corrected chi connectivity index (χ2v) is 3.50. The first-order valence-corrected chi connectivity index (χ1v) is 4.74. The fourth-order valence-electron chi connectivity index (χ4n) is 1.15. The molecule has 0 saturated heterocycles. The summed E-state index contributed by atoms with van der Waals surface area (Å²) in [5, 5.41) is 47.7. The van der Waals surface area contributed by atoms with Crippen LogP contribution in [0, 0.1) is 0 Å². The van der Waals surface area contributed by atoms with Gasteiger partial charge in [-0.2, -0.15) is 0 Å². The lowest BCUT2D eigenvalue weighted by molar-refractivity contribution is -0.203. The van der Waals surface area contributed by atoms with E-state index in [9.17, 15) is 29.3 Å². The van der Waals surface area contributed by atoms with Crippen LogP contribution in [0.1, 0.15) is 0 Å². The van der Waals surface area contributed by atoms with Gasteiger partial charge < -0.3 is 36.6 Å². The molecule has 18 heavy (non-hydrogen) atoms. The quantitative estimate of drug-likeness (QED) is 0.227. The van der Waals surface area contributed by atoms with Gasteiger partial charge >= 0.3 is 0 Å². The lowest BCUT2D eigenvalue weighted by Gasteiger charge is -2.37. The molecule has 0 saturated carbocycles. The maximum atomic E-state index is 12.0. The third-order valence-corrected chi connectivity index (χ3v) is 2.18. The third-order valence-electron chi connectivity index (χ3n) is 2.18. The zero-order valence-corrected chi connectivity index (χ0v) is 9.15. The SMILES string of the molecule is NC(=O)[C@H](O)[C@@H](O)[C@@](O)(NC(=O)CF)[C@H](O)CO. The second kappa shape index (κ2) is 6.56. The van der Waals surface area contributed by atoms with Crippen LogP contribution in [0.15, 0.2) is 0 Å². The molecule has 0 radical (unpaired) electrons. The van der Waals surface area contributed by atoms with Crippen molar-refractivity contribution in [3.05, 3.63) is 0 Å². The number of aliphatic hydroxyl groups is 5. The van der Waals surface area contributed by atoms with Crippen LogP contribution in [-0.2, 0) is 9.59 Å². The number of halogens is 1. The Morgan fingerprint density at radius 3 is 2.17 bits per heavy atom. The summed E-state index contributed by atoms with van der Waals surface area (Å²) >= 11 is 0. The van der Waals surface area contributed by atoms with Crippen molar-refractivity contribution >= 4 is 11.8 Å². The molecule has 0 aromatic carbocycles. The molecule has 0 aliphatic carbocycles. The Kier molecular flexibility index (Phi) is 6.08. The molecule has 0 unspecified atom stereocenters. The molecule has 2 amide bonds. The summed E-state index contributed by atoms with van der Waals surface area (Å²) in [4.78, 5) is 21.4. The summed E-state index contributed by atoms with van der Waals surface area (Å²) in [5.41, 5.74) is 1.61. The fraction of sp³-hybridized carbons (Fsp3) is 0.750. The summed E-state index contributed by atoms with van der Waals surface area (Å²) in [6.45, 7) is -2.74. The minimum Gasteiger partial charge on any atom is -0.393 e. The van der Waals surface area contributed by atoms with Gasteiger partial charge in [-0.1, -0.05) is 0 Å². The predicted molar refractivity (Wildman–Crippen MR) is 53.4 cm³/mol. The number of carbonyl (C=O) groups excluding carboxylic acids is 2. The van der Waals surface area contributed by atoms with Gasteiger partial charge in [-0.05, 0) is 0 Å². The van der Waals surface area contributed by atoms with E-state index in [1.807, 2.05) is 0 Å². The first-order chi connectivity index (χ1) is 8.20. The lowest BCUT2D eigenvalue weighted by Crippen LogP contribution is -2.69. The molecule has 0 fully saturated rings. The van der Waals surface area contributed by atoms with Gasteiger partial charge in [-0.25, -0.2) is 4.39 Å². The Bertz CT molecular complexity index is 316. The van der Waals surface area contributed by atoms with Crippen LogP contribution in [0.3, 0.4) is 0 Å². The average Bonchev–Trinajstić information content (AvgIpc) is 2.34. The highest BCUT2D eigenvalue weighted by Gasteiger charge is 2.48. The first kappa shape index (κ1) is 16.7. The molecule has 106 valence electrons. The molecule has 0 bridgehead atoms. The van der Waals surface area contributed by atoms with E-state index >= 15 is 0 Å². The van der Waals surface area contributed by atoms with Crippen LogP contribution in [0.2, 0.25) is 0 Å². The second-order valence-electron chi connectivity index (χ2n) is 3.50. The van der Waals surface area contributed by atoms with Crippen molar-refractivity contribution in [2.75, 3.05) is 13.3 Å². The molecular weight excluding hydrogens is 255 g/mol. The summed E-state index contributed by atoms with van der Waals surface area (Å²) in [6.07, 6.45) is -7.00. The number of alkyl halides is 1. The van der Waals surface area contributed by atoms with Crippen LogP contribution < -0.4 is 11.1 Å². The topological polar surface area (TPSA) is 173 Å². The third kappa shape index (κ3) is 3.58. The van der Waals surface area contributed by atoms with E-state index in [4.69, 9.17) is 10.2 Å². The van der Waals surface area contributed by atoms with Crippen LogP contribution >= 0.6 is 0 Å². The molecule has 8 N–H and O–H groups in total. The number of aliphatic hydroxyl groups excluding tert-OH is 4. The Morgan fingerprint density at radius 1 is 1.33 bits per heavy atom. The van der Waals surface area contributed by atoms with Gasteiger partial charge in [-0.3, -0.25) is 9.59 Å². The maximum absolute atomic E-state index is 12.0. The number of nitrogens with one attached hydrogen (secondary N) is 1. The van der Waals surface area contributed by atoms with E-state index in [0.717, 1.165) is 0 Å². The molecular formula is C8H15FN2O7. The van der Waals surface area contributed by atoms with Crippen molar-refractivity contribution in [1.29, 1.82) is 0 Å². The molecule has 0 heterocycles. The van der Waals surface area contributed by atoms with Crippen molar-refractivity contribution in [2.24, 2.45) is 5.73 Å². The monoisotopic (exact) mass is 270 g/mol. The zero-order valence-electron chi connectivity index (χ0n) is 9.15. The Morgan fingerprint density at radius 2 is 1.83 bits per heavy atom. The molecule has 0 spiro atoms. The smallest absolute Gasteiger partial charge is 0.253 e. The molecule has 4 atom stereocenters. The summed E-state index contributed by atoms with van der Waals surface area (Å²) < 4.78 is 12.0. The average molecular weight is 270 g/mol. The predicted octanol–water partition coefficient (Wildman–Crippen LogP) is -4.68. The van der Waals surface area contributed by atoms with Crippen molar-refractivity contribution in [3.8, 4) is 0 Å². The highest BCUT2D eigenvalue weighted by atomic mass is 19.1. The molecule has 9 nitrogen and oxygen atoms in total. The normalized spacial score (nSPS) is 19.4. The zero-order chi connectivity index (χ0) is 14.5. The largest absolute Gasteiger partial charge is 0.393 e. The van der Waals surface area contributed by atoms with E-state index in [2.05, 4.69) is 5.73 Å². The summed E-state index contributed by atoms with van der Waals surface area (Å²) in [6, 6.07) is 0. The van der Waals surface area contributed by atoms with Crippen molar-refractivity contribution < 1.29 is 39.5 Å². The minimum absolute atomic E-state index is 1.15. The number of rotatable bonds is 7. The Balaban J connectivity index is 5.19. The molecule has 0 aliphatic rings. The molecule has 0 aliphatic heterocycles. The van der Waals surface area contributed by atoms with Crippen molar-refractivity contribution in [3.63, 3.8) is 0 Å². The van der Waals surface area contributed by atoms with Crippen LogP contribution in [-0.4, -0.2) is 74.7 Å². The van der Waals surface area contributed by atoms with Gasteiger partial charge in [0.1, 0.15) is 12.2 Å². The number of amides is 2. The first-order valence-electron chi connectivity index (χ1n) is 4.74. The summed E-state index contributed by atoms with van der Waals surface area (Å²) in [7, 11) is 0. The van der Waals surface area contributed by atoms with E-state index in [-0.39, 0.29) is 0 Å². The van der Waals surface area contributed by atoms with Crippen LogP contribution in [0.25, 0.3) is 0 Å². The Hall–Kier alpha value is -1.33. The summed E-state index contributed by atoms with van der Waals surface area (Å²) in [5.74, 6) is -2.90. The van der Waals surface area contributed by atoms with Gasteiger partial charge in [-0.15, -0.1) is 0 Å². The van der Waals surface area contributed by atoms with Crippen LogP contribution in [0.4, 0.5) is 4.39 Å². The molecule has 0 aromatic heterocycles. The van der Waals surface area contributed by atoms with Gasteiger partial charge in [0, 0.05) is 0 Å². The number of hydrogen-bond donors (Lipinski definition) is 7. The van der Waals surface area contributed by atoms with Crippen molar-refractivity contribution in [2.45, 2.75) is 24.0 Å². The highest BCUT2D eigenvalue weighted by molar-refractivity contribution is 5.80. The maximum Gasteiger partial charge on any atom is 0.253 e. The van der Waals surface area contributed by atoms with E-state index in [1.165, 1.54) is 5.32 Å². The van der Waals surface area contributed by atoms with E-state index < -0.39 is 49.1 Å². The van der Waals surface area contributed by atoms with E-state index in [1.54, 1.807) is 0 Å². The molecule has 0 rings (SSSR count). The number of primary amides is 1. The standard InChI is InChI=1S/C8H15FN2O7/c9-1-4(14)11-8(18,3(13)2-12)6(16)5(15)7(10)17/h3,5-6,12-13,15-16,18H,1-2H2,(H2,10,17)(H,11,14)/t3-,5-,6-,8-/m1/s1. The number of carbonyl (C=O) groups is 2. The molecule has 10 heteroatoms. The Labute approximate surface area is 101 Å². The lowest BCUT2D eigenvalue weighted by atomic mass is 9.95. The van der Waals surface area contributed by atoms with Crippen molar-refractivity contribution in [1.82, 2.24) is 5.32 Å². The van der Waals surface area contributed by atoms with Gasteiger partial charge in [0.15, 0.2) is 18.5 Å². The fourth-order valence-corrected chi connectivity index (χ4v) is 1.15. The highest BCUT2D eigenvalue weighted by Crippen LogP contribution is 2.16.